The van der Waals surface area contributed by atoms with Crippen LogP contribution in [0.15, 0.2) is 18.2 Å². The molecule has 1 aliphatic rings. The fourth-order valence-electron chi connectivity index (χ4n) is 2.27. The minimum absolute atomic E-state index is 0.0131. The van der Waals surface area contributed by atoms with E-state index in [4.69, 9.17) is 4.74 Å². The second kappa shape index (κ2) is 6.00. The fourth-order valence-corrected chi connectivity index (χ4v) is 2.27. The molecule has 1 heterocycles. The second-order valence-electron chi connectivity index (χ2n) is 5.09. The number of rotatable bonds is 3. The number of nitrogens with zero attached hydrogens (tertiary/aromatic N) is 2. The summed E-state index contributed by atoms with van der Waals surface area (Å²) in [4.78, 5) is 24.7. The van der Waals surface area contributed by atoms with E-state index in [0.717, 1.165) is 0 Å². The van der Waals surface area contributed by atoms with Crippen molar-refractivity contribution < 1.29 is 14.5 Å². The Morgan fingerprint density at radius 2 is 2.00 bits per heavy atom. The number of nitro benzene ring substituents is 1. The summed E-state index contributed by atoms with van der Waals surface area (Å²) in [6.45, 7) is 5.87. The zero-order valence-corrected chi connectivity index (χ0v) is 11.7. The van der Waals surface area contributed by atoms with Gasteiger partial charge in [-0.3, -0.25) is 14.9 Å². The third-order valence-corrected chi connectivity index (χ3v) is 3.39. The highest BCUT2D eigenvalue weighted by atomic mass is 16.6. The summed E-state index contributed by atoms with van der Waals surface area (Å²) in [5.41, 5.74) is 1.02. The molecule has 6 nitrogen and oxygen atoms in total. The van der Waals surface area contributed by atoms with Gasteiger partial charge in [0.25, 0.3) is 11.6 Å². The van der Waals surface area contributed by atoms with Crippen molar-refractivity contribution in [3.8, 4) is 0 Å². The molecule has 1 fully saturated rings. The number of carbonyl (C=O) groups is 1. The van der Waals surface area contributed by atoms with Gasteiger partial charge in [-0.1, -0.05) is 19.9 Å². The van der Waals surface area contributed by atoms with Crippen LogP contribution in [0.25, 0.3) is 0 Å². The predicted octanol–water partition coefficient (Wildman–Crippen LogP) is 2.19. The van der Waals surface area contributed by atoms with E-state index in [9.17, 15) is 14.9 Å². The van der Waals surface area contributed by atoms with Crippen LogP contribution in [0.4, 0.5) is 5.69 Å². The first-order valence-electron chi connectivity index (χ1n) is 6.66. The molecule has 1 saturated heterocycles. The Bertz CT molecular complexity index is 522. The van der Waals surface area contributed by atoms with Gasteiger partial charge in [0, 0.05) is 30.3 Å². The summed E-state index contributed by atoms with van der Waals surface area (Å²) in [6.07, 6.45) is 0. The van der Waals surface area contributed by atoms with Crippen LogP contribution in [0.2, 0.25) is 0 Å². The molecule has 0 radical (unpaired) electrons. The van der Waals surface area contributed by atoms with Gasteiger partial charge in [-0.2, -0.15) is 0 Å². The number of morpholine rings is 1. The largest absolute Gasteiger partial charge is 0.378 e. The minimum atomic E-state index is -0.425. The van der Waals surface area contributed by atoms with Gasteiger partial charge in [0.1, 0.15) is 0 Å². The van der Waals surface area contributed by atoms with Crippen molar-refractivity contribution in [1.29, 1.82) is 0 Å². The highest BCUT2D eigenvalue weighted by Gasteiger charge is 2.23. The topological polar surface area (TPSA) is 72.7 Å². The number of hydrogen-bond donors (Lipinski definition) is 0. The third kappa shape index (κ3) is 2.96. The third-order valence-electron chi connectivity index (χ3n) is 3.39. The summed E-state index contributed by atoms with van der Waals surface area (Å²) < 4.78 is 5.20. The molecule has 0 aliphatic carbocycles. The molecule has 0 N–H and O–H groups in total. The van der Waals surface area contributed by atoms with Crippen LogP contribution in [0, 0.1) is 10.1 Å². The van der Waals surface area contributed by atoms with Crippen LogP contribution >= 0.6 is 0 Å². The molecule has 0 aromatic heterocycles. The standard InChI is InChI=1S/C14H18N2O4/c1-10(2)12-4-3-11(9-13(12)16(18)19)14(17)15-5-7-20-8-6-15/h3-4,9-10H,5-8H2,1-2H3. The van der Waals surface area contributed by atoms with Gasteiger partial charge in [-0.25, -0.2) is 0 Å². The minimum Gasteiger partial charge on any atom is -0.378 e. The summed E-state index contributed by atoms with van der Waals surface area (Å²) in [6, 6.07) is 4.73. The van der Waals surface area contributed by atoms with Crippen molar-refractivity contribution >= 4 is 11.6 Å². The SMILES string of the molecule is CC(C)c1ccc(C(=O)N2CCOCC2)cc1[N+](=O)[O-]. The lowest BCUT2D eigenvalue weighted by Gasteiger charge is -2.26. The van der Waals surface area contributed by atoms with Gasteiger partial charge in [0.05, 0.1) is 18.1 Å². The van der Waals surface area contributed by atoms with Crippen molar-refractivity contribution in [2.75, 3.05) is 26.3 Å². The molecule has 1 aromatic carbocycles. The fraction of sp³-hybridized carbons (Fsp3) is 0.500. The first-order valence-corrected chi connectivity index (χ1v) is 6.66. The first-order chi connectivity index (χ1) is 9.50. The van der Waals surface area contributed by atoms with Gasteiger partial charge in [0.2, 0.25) is 0 Å². The summed E-state index contributed by atoms with van der Waals surface area (Å²) in [5.74, 6) is -0.130. The van der Waals surface area contributed by atoms with E-state index in [0.29, 0.717) is 37.4 Å². The van der Waals surface area contributed by atoms with E-state index in [-0.39, 0.29) is 17.5 Å². The first kappa shape index (κ1) is 14.5. The highest BCUT2D eigenvalue weighted by Crippen LogP contribution is 2.27. The molecule has 6 heteroatoms. The molecular formula is C14H18N2O4. The number of amides is 1. The molecule has 2 rings (SSSR count). The maximum absolute atomic E-state index is 12.3. The van der Waals surface area contributed by atoms with E-state index < -0.39 is 4.92 Å². The van der Waals surface area contributed by atoms with E-state index in [1.165, 1.54) is 6.07 Å². The Labute approximate surface area is 117 Å². The Balaban J connectivity index is 2.30. The Kier molecular flexibility index (Phi) is 4.34. The van der Waals surface area contributed by atoms with Crippen LogP contribution in [0.1, 0.15) is 35.7 Å². The van der Waals surface area contributed by atoms with Crippen molar-refractivity contribution in [2.24, 2.45) is 0 Å². The zero-order valence-electron chi connectivity index (χ0n) is 11.7. The smallest absolute Gasteiger partial charge is 0.273 e. The van der Waals surface area contributed by atoms with Gasteiger partial charge in [0.15, 0.2) is 0 Å². The van der Waals surface area contributed by atoms with Gasteiger partial charge >= 0.3 is 0 Å². The van der Waals surface area contributed by atoms with E-state index in [1.807, 2.05) is 13.8 Å². The average molecular weight is 278 g/mol. The number of hydrogen-bond acceptors (Lipinski definition) is 4. The molecular weight excluding hydrogens is 260 g/mol. The van der Waals surface area contributed by atoms with E-state index in [2.05, 4.69) is 0 Å². The molecule has 0 saturated carbocycles. The van der Waals surface area contributed by atoms with Gasteiger partial charge in [-0.05, 0) is 12.0 Å². The van der Waals surface area contributed by atoms with Crippen molar-refractivity contribution in [2.45, 2.75) is 19.8 Å². The number of carbonyl (C=O) groups excluding carboxylic acids is 1. The average Bonchev–Trinajstić information content (AvgIpc) is 2.46. The second-order valence-corrected chi connectivity index (χ2v) is 5.09. The van der Waals surface area contributed by atoms with Crippen LogP contribution in [-0.2, 0) is 4.74 Å². The normalized spacial score (nSPS) is 15.4. The highest BCUT2D eigenvalue weighted by molar-refractivity contribution is 5.95. The molecule has 0 spiro atoms. The van der Waals surface area contributed by atoms with Gasteiger partial charge in [-0.15, -0.1) is 0 Å². The Morgan fingerprint density at radius 1 is 1.35 bits per heavy atom. The lowest BCUT2D eigenvalue weighted by atomic mass is 9.99. The number of nitro groups is 1. The molecule has 0 bridgehead atoms. The molecule has 1 aromatic rings. The van der Waals surface area contributed by atoms with Crippen LogP contribution in [-0.4, -0.2) is 42.0 Å². The summed E-state index contributed by atoms with van der Waals surface area (Å²) >= 11 is 0. The van der Waals surface area contributed by atoms with E-state index in [1.54, 1.807) is 17.0 Å². The van der Waals surface area contributed by atoms with Crippen molar-refractivity contribution in [1.82, 2.24) is 4.90 Å². The van der Waals surface area contributed by atoms with Crippen LogP contribution in [0.5, 0.6) is 0 Å². The number of ether oxygens (including phenoxy) is 1. The quantitative estimate of drug-likeness (QED) is 0.627. The molecule has 1 aliphatic heterocycles. The zero-order chi connectivity index (χ0) is 14.7. The molecule has 0 atom stereocenters. The Morgan fingerprint density at radius 3 is 2.55 bits per heavy atom. The van der Waals surface area contributed by atoms with Crippen LogP contribution in [0.3, 0.4) is 0 Å². The van der Waals surface area contributed by atoms with Crippen molar-refractivity contribution in [3.05, 3.63) is 39.4 Å². The maximum Gasteiger partial charge on any atom is 0.273 e. The van der Waals surface area contributed by atoms with Crippen LogP contribution < -0.4 is 0 Å². The molecule has 0 unspecified atom stereocenters. The monoisotopic (exact) mass is 278 g/mol. The lowest BCUT2D eigenvalue weighted by molar-refractivity contribution is -0.385. The summed E-state index contributed by atoms with van der Waals surface area (Å²) in [7, 11) is 0. The van der Waals surface area contributed by atoms with Gasteiger partial charge < -0.3 is 9.64 Å². The lowest BCUT2D eigenvalue weighted by Crippen LogP contribution is -2.40. The van der Waals surface area contributed by atoms with Crippen molar-refractivity contribution in [3.63, 3.8) is 0 Å². The molecule has 20 heavy (non-hydrogen) atoms. The molecule has 1 amide bonds. The maximum atomic E-state index is 12.3. The molecule has 108 valence electrons. The Hall–Kier alpha value is -1.95. The van der Waals surface area contributed by atoms with E-state index >= 15 is 0 Å². The number of benzene rings is 1. The predicted molar refractivity (Wildman–Crippen MR) is 73.9 cm³/mol. The summed E-state index contributed by atoms with van der Waals surface area (Å²) in [5, 5.41) is 11.1.